The normalized spacial score (nSPS) is 11.3. The van der Waals surface area contributed by atoms with Crippen LogP contribution in [0.4, 0.5) is 5.69 Å². The van der Waals surface area contributed by atoms with Gasteiger partial charge in [0.1, 0.15) is 17.2 Å². The van der Waals surface area contributed by atoms with Crippen molar-refractivity contribution in [2.75, 3.05) is 0 Å². The molecule has 0 atom stereocenters. The quantitative estimate of drug-likeness (QED) is 0.664. The van der Waals surface area contributed by atoms with Crippen LogP contribution in [0, 0.1) is 13.8 Å². The Kier molecular flexibility index (Phi) is 4.81. The van der Waals surface area contributed by atoms with Crippen LogP contribution >= 0.6 is 39.1 Å². The van der Waals surface area contributed by atoms with Crippen molar-refractivity contribution in [1.82, 2.24) is 0 Å². The maximum Gasteiger partial charge on any atom is 0.141 e. The largest absolute Gasteiger partial charge is 0.506 e. The third kappa shape index (κ3) is 3.18. The van der Waals surface area contributed by atoms with E-state index in [0.717, 1.165) is 5.56 Å². The van der Waals surface area contributed by atoms with Gasteiger partial charge in [-0.2, -0.15) is 0 Å². The maximum absolute atomic E-state index is 10.2. The lowest BCUT2D eigenvalue weighted by atomic mass is 10.0. The van der Waals surface area contributed by atoms with Crippen molar-refractivity contribution in [3.8, 4) is 11.5 Å². The second-order valence-electron chi connectivity index (χ2n) is 4.53. The Hall–Kier alpha value is -1.23. The zero-order valence-electron chi connectivity index (χ0n) is 11.3. The third-order valence-electron chi connectivity index (χ3n) is 3.12. The Balaban J connectivity index is 2.54. The summed E-state index contributed by atoms with van der Waals surface area (Å²) in [5, 5.41) is 20.9. The number of phenols is 2. The number of nitrogens with zero attached hydrogens (tertiary/aromatic N) is 1. The summed E-state index contributed by atoms with van der Waals surface area (Å²) in [6.45, 7) is 3.60. The summed E-state index contributed by atoms with van der Waals surface area (Å²) in [4.78, 5) is 4.17. The molecule has 0 bridgehead atoms. The highest BCUT2D eigenvalue weighted by Crippen LogP contribution is 2.38. The van der Waals surface area contributed by atoms with Crippen LogP contribution in [0.5, 0.6) is 11.5 Å². The van der Waals surface area contributed by atoms with Crippen LogP contribution in [-0.2, 0) is 0 Å². The van der Waals surface area contributed by atoms with Gasteiger partial charge < -0.3 is 10.2 Å². The highest BCUT2D eigenvalue weighted by molar-refractivity contribution is 9.10. The van der Waals surface area contributed by atoms with E-state index in [9.17, 15) is 10.2 Å². The van der Waals surface area contributed by atoms with Crippen LogP contribution in [0.1, 0.15) is 16.7 Å². The molecule has 0 aliphatic heterocycles. The number of rotatable bonds is 2. The number of halogens is 3. The van der Waals surface area contributed by atoms with Crippen LogP contribution in [0.15, 0.2) is 27.7 Å². The van der Waals surface area contributed by atoms with Crippen LogP contribution < -0.4 is 0 Å². The molecule has 0 spiro atoms. The molecule has 2 rings (SSSR count). The fourth-order valence-electron chi connectivity index (χ4n) is 1.86. The lowest BCUT2D eigenvalue weighted by molar-refractivity contribution is 0.470. The van der Waals surface area contributed by atoms with Gasteiger partial charge >= 0.3 is 0 Å². The zero-order valence-corrected chi connectivity index (χ0v) is 14.4. The molecule has 110 valence electrons. The van der Waals surface area contributed by atoms with Gasteiger partial charge in [0.2, 0.25) is 0 Å². The van der Waals surface area contributed by atoms with E-state index in [-0.39, 0.29) is 11.5 Å². The second-order valence-corrected chi connectivity index (χ2v) is 6.14. The number of benzene rings is 2. The average molecular weight is 389 g/mol. The molecule has 0 aliphatic rings. The Labute approximate surface area is 141 Å². The lowest BCUT2D eigenvalue weighted by Crippen LogP contribution is -1.94. The van der Waals surface area contributed by atoms with Gasteiger partial charge in [-0.15, -0.1) is 0 Å². The van der Waals surface area contributed by atoms with E-state index in [0.29, 0.717) is 31.3 Å². The van der Waals surface area contributed by atoms with E-state index < -0.39 is 0 Å². The molecule has 0 radical (unpaired) electrons. The molecule has 6 heteroatoms. The molecule has 2 N–H and O–H groups in total. The van der Waals surface area contributed by atoms with Gasteiger partial charge in [-0.25, -0.2) is 0 Å². The molecule has 0 aromatic heterocycles. The SMILES string of the molecule is Cc1c(Cl)c(C)c(C=Nc2cc(Cl)ccc2O)c(O)c1Br. The van der Waals surface area contributed by atoms with E-state index >= 15 is 0 Å². The smallest absolute Gasteiger partial charge is 0.141 e. The maximum atomic E-state index is 10.2. The van der Waals surface area contributed by atoms with Crippen LogP contribution in [0.2, 0.25) is 10.0 Å². The summed E-state index contributed by atoms with van der Waals surface area (Å²) in [5.41, 5.74) is 2.26. The molecule has 0 aliphatic carbocycles. The van der Waals surface area contributed by atoms with E-state index in [4.69, 9.17) is 23.2 Å². The molecule has 0 unspecified atom stereocenters. The predicted molar refractivity (Wildman–Crippen MR) is 90.7 cm³/mol. The van der Waals surface area contributed by atoms with Crippen molar-refractivity contribution < 1.29 is 10.2 Å². The molecule has 21 heavy (non-hydrogen) atoms. The van der Waals surface area contributed by atoms with Gasteiger partial charge in [0.25, 0.3) is 0 Å². The van der Waals surface area contributed by atoms with Crippen molar-refractivity contribution in [3.63, 3.8) is 0 Å². The molecule has 3 nitrogen and oxygen atoms in total. The summed E-state index contributed by atoms with van der Waals surface area (Å²) in [7, 11) is 0. The van der Waals surface area contributed by atoms with E-state index in [1.165, 1.54) is 18.3 Å². The van der Waals surface area contributed by atoms with E-state index in [2.05, 4.69) is 20.9 Å². The molecular formula is C15H12BrCl2NO2. The molecular weight excluding hydrogens is 377 g/mol. The Morgan fingerprint density at radius 1 is 1.14 bits per heavy atom. The van der Waals surface area contributed by atoms with E-state index in [1.807, 2.05) is 6.92 Å². The summed E-state index contributed by atoms with van der Waals surface area (Å²) >= 11 is 15.4. The average Bonchev–Trinajstić information content (AvgIpc) is 2.46. The molecule has 2 aromatic carbocycles. The fraction of sp³-hybridized carbons (Fsp3) is 0.133. The summed E-state index contributed by atoms with van der Waals surface area (Å²) in [6.07, 6.45) is 1.45. The fourth-order valence-corrected chi connectivity index (χ4v) is 2.75. The van der Waals surface area contributed by atoms with Gasteiger partial charge in [-0.1, -0.05) is 23.2 Å². The topological polar surface area (TPSA) is 52.8 Å². The Morgan fingerprint density at radius 3 is 2.48 bits per heavy atom. The minimum absolute atomic E-state index is 0.00469. The molecule has 0 fully saturated rings. The Bertz CT molecular complexity index is 716. The third-order valence-corrected chi connectivity index (χ3v) is 4.90. The number of phenolic OH excluding ortho intramolecular Hbond substituents is 2. The van der Waals surface area contributed by atoms with Gasteiger partial charge in [-0.3, -0.25) is 4.99 Å². The van der Waals surface area contributed by atoms with Gasteiger partial charge in [0.05, 0.1) is 4.47 Å². The Morgan fingerprint density at radius 2 is 1.81 bits per heavy atom. The molecule has 0 saturated heterocycles. The van der Waals surface area contributed by atoms with Gasteiger partial charge in [-0.05, 0) is 59.1 Å². The van der Waals surface area contributed by atoms with Crippen molar-refractivity contribution in [2.45, 2.75) is 13.8 Å². The minimum atomic E-state index is 0.00469. The summed E-state index contributed by atoms with van der Waals surface area (Å²) < 4.78 is 0.523. The number of aromatic hydroxyl groups is 2. The zero-order chi connectivity index (χ0) is 15.7. The first-order chi connectivity index (χ1) is 9.82. The van der Waals surface area contributed by atoms with Crippen molar-refractivity contribution in [1.29, 1.82) is 0 Å². The lowest BCUT2D eigenvalue weighted by Gasteiger charge is -2.12. The highest BCUT2D eigenvalue weighted by Gasteiger charge is 2.15. The second kappa shape index (κ2) is 6.26. The first kappa shape index (κ1) is 16.1. The van der Waals surface area contributed by atoms with Crippen molar-refractivity contribution in [2.24, 2.45) is 4.99 Å². The highest BCUT2D eigenvalue weighted by atomic mass is 79.9. The standard InChI is InChI=1S/C15H12BrCl2NO2/c1-7-10(15(21)13(16)8(2)14(7)18)6-19-11-5-9(17)3-4-12(11)20/h3-6,20-21H,1-2H3. The molecule has 2 aromatic rings. The van der Waals surface area contributed by atoms with Gasteiger partial charge in [0, 0.05) is 21.8 Å². The number of hydrogen-bond acceptors (Lipinski definition) is 3. The monoisotopic (exact) mass is 387 g/mol. The van der Waals surface area contributed by atoms with Crippen LogP contribution in [-0.4, -0.2) is 16.4 Å². The first-order valence-electron chi connectivity index (χ1n) is 6.02. The predicted octanol–water partition coefficient (Wildman–Crippen LogP) is 5.53. The van der Waals surface area contributed by atoms with E-state index in [1.54, 1.807) is 13.0 Å². The minimum Gasteiger partial charge on any atom is -0.506 e. The van der Waals surface area contributed by atoms with Crippen molar-refractivity contribution in [3.05, 3.63) is 49.4 Å². The molecule has 0 amide bonds. The van der Waals surface area contributed by atoms with Crippen LogP contribution in [0.3, 0.4) is 0 Å². The molecule has 0 saturated carbocycles. The number of aliphatic imine (C=N–C) groups is 1. The summed E-state index contributed by atoms with van der Waals surface area (Å²) in [5.74, 6) is 0.0599. The summed E-state index contributed by atoms with van der Waals surface area (Å²) in [6, 6.07) is 4.56. The van der Waals surface area contributed by atoms with Crippen LogP contribution in [0.25, 0.3) is 0 Å². The van der Waals surface area contributed by atoms with Crippen molar-refractivity contribution >= 4 is 51.0 Å². The molecule has 0 heterocycles. The first-order valence-corrected chi connectivity index (χ1v) is 7.57. The van der Waals surface area contributed by atoms with Gasteiger partial charge in [0.15, 0.2) is 0 Å². The number of hydrogen-bond donors (Lipinski definition) is 2.